The van der Waals surface area contributed by atoms with E-state index < -0.39 is 10.0 Å². The molecule has 0 unspecified atom stereocenters. The molecular formula is C23H26N4O3S. The monoisotopic (exact) mass is 438 g/mol. The summed E-state index contributed by atoms with van der Waals surface area (Å²) in [4.78, 5) is 17.6. The van der Waals surface area contributed by atoms with E-state index in [-0.39, 0.29) is 22.9 Å². The molecule has 5 rings (SSSR count). The lowest BCUT2D eigenvalue weighted by molar-refractivity contribution is -0.125. The van der Waals surface area contributed by atoms with Gasteiger partial charge in [0.25, 0.3) is 10.0 Å². The maximum Gasteiger partial charge on any atom is 0.285 e. The minimum atomic E-state index is -3.69. The van der Waals surface area contributed by atoms with Crippen molar-refractivity contribution in [3.63, 3.8) is 0 Å². The van der Waals surface area contributed by atoms with Crippen molar-refractivity contribution in [2.45, 2.75) is 42.8 Å². The Morgan fingerprint density at radius 2 is 1.81 bits per heavy atom. The largest absolute Gasteiger partial charge is 0.350 e. The molecule has 3 aliphatic heterocycles. The Labute approximate surface area is 182 Å². The van der Waals surface area contributed by atoms with Crippen LogP contribution in [0.3, 0.4) is 0 Å². The summed E-state index contributed by atoms with van der Waals surface area (Å²) in [5, 5.41) is 3.21. The number of nitrogens with one attached hydrogen (secondary N) is 1. The molecule has 162 valence electrons. The summed E-state index contributed by atoms with van der Waals surface area (Å²) in [5.74, 6) is 0.374. The second-order valence-electron chi connectivity index (χ2n) is 8.45. The minimum Gasteiger partial charge on any atom is -0.350 e. The van der Waals surface area contributed by atoms with Gasteiger partial charge < -0.3 is 10.2 Å². The molecule has 0 aliphatic carbocycles. The average molecular weight is 439 g/mol. The van der Waals surface area contributed by atoms with Gasteiger partial charge in [-0.05, 0) is 37.0 Å². The first-order valence-electron chi connectivity index (χ1n) is 10.8. The van der Waals surface area contributed by atoms with Crippen LogP contribution < -0.4 is 5.32 Å². The zero-order chi connectivity index (χ0) is 21.4. The summed E-state index contributed by atoms with van der Waals surface area (Å²) in [6.07, 6.45) is 2.46. The molecule has 1 amide bonds. The molecular weight excluding hydrogens is 412 g/mol. The number of rotatable bonds is 4. The quantitative estimate of drug-likeness (QED) is 0.790. The number of carbonyl (C=O) groups excluding carboxylic acids is 1. The highest BCUT2D eigenvalue weighted by Crippen LogP contribution is 2.31. The third kappa shape index (κ3) is 3.97. The van der Waals surface area contributed by atoms with E-state index in [1.807, 2.05) is 23.1 Å². The highest BCUT2D eigenvalue weighted by Gasteiger charge is 2.40. The zero-order valence-electron chi connectivity index (χ0n) is 17.3. The number of amides is 1. The van der Waals surface area contributed by atoms with E-state index >= 15 is 0 Å². The highest BCUT2D eigenvalue weighted by molar-refractivity contribution is 7.90. The van der Waals surface area contributed by atoms with Crippen LogP contribution in [0, 0.1) is 0 Å². The summed E-state index contributed by atoms with van der Waals surface area (Å²) >= 11 is 0. The molecule has 0 spiro atoms. The Balaban J connectivity index is 1.25. The SMILES string of the molecule is O=C(N[C@H]1CCN(Cc2ccccc2)C1)[C@@H]1CCCN1C1=NS(=O)(=O)c2ccccc21. The van der Waals surface area contributed by atoms with Crippen LogP contribution in [0.25, 0.3) is 0 Å². The van der Waals surface area contributed by atoms with Crippen molar-refractivity contribution in [1.29, 1.82) is 0 Å². The lowest BCUT2D eigenvalue weighted by Crippen LogP contribution is -2.49. The van der Waals surface area contributed by atoms with Gasteiger partial charge in [-0.15, -0.1) is 4.40 Å². The summed E-state index contributed by atoms with van der Waals surface area (Å²) < 4.78 is 28.9. The molecule has 2 aromatic rings. The smallest absolute Gasteiger partial charge is 0.285 e. The van der Waals surface area contributed by atoms with Gasteiger partial charge in [0, 0.05) is 37.8 Å². The third-order valence-electron chi connectivity index (χ3n) is 6.31. The number of amidine groups is 1. The number of carbonyl (C=O) groups is 1. The van der Waals surface area contributed by atoms with Gasteiger partial charge in [-0.1, -0.05) is 42.5 Å². The molecule has 0 radical (unpaired) electrons. The Bertz CT molecular complexity index is 1120. The van der Waals surface area contributed by atoms with Gasteiger partial charge in [0.05, 0.1) is 0 Å². The van der Waals surface area contributed by atoms with E-state index in [9.17, 15) is 13.2 Å². The number of likely N-dealkylation sites (tertiary alicyclic amines) is 2. The van der Waals surface area contributed by atoms with E-state index in [0.717, 1.165) is 32.5 Å². The number of sulfonamides is 1. The number of benzene rings is 2. The maximum atomic E-state index is 13.1. The van der Waals surface area contributed by atoms with Crippen LogP contribution in [0.5, 0.6) is 0 Å². The average Bonchev–Trinajstić information content (AvgIpc) is 3.47. The molecule has 2 aromatic carbocycles. The maximum absolute atomic E-state index is 13.1. The number of hydrogen-bond donors (Lipinski definition) is 1. The molecule has 3 heterocycles. The van der Waals surface area contributed by atoms with Crippen molar-refractivity contribution in [3.05, 3.63) is 65.7 Å². The number of nitrogens with zero attached hydrogens (tertiary/aromatic N) is 3. The van der Waals surface area contributed by atoms with Crippen LogP contribution >= 0.6 is 0 Å². The summed E-state index contributed by atoms with van der Waals surface area (Å²) in [7, 11) is -3.69. The van der Waals surface area contributed by atoms with Gasteiger partial charge in [0.1, 0.15) is 10.9 Å². The van der Waals surface area contributed by atoms with Gasteiger partial charge in [0.15, 0.2) is 5.84 Å². The Hall–Kier alpha value is -2.71. The zero-order valence-corrected chi connectivity index (χ0v) is 18.1. The highest BCUT2D eigenvalue weighted by atomic mass is 32.2. The topological polar surface area (TPSA) is 82.1 Å². The molecule has 2 atom stereocenters. The third-order valence-corrected chi connectivity index (χ3v) is 7.63. The molecule has 0 saturated carbocycles. The normalized spacial score (nSPS) is 24.8. The first-order chi connectivity index (χ1) is 15.0. The van der Waals surface area contributed by atoms with Crippen LogP contribution in [0.2, 0.25) is 0 Å². The summed E-state index contributed by atoms with van der Waals surface area (Å²) in [5.41, 5.74) is 1.87. The van der Waals surface area contributed by atoms with E-state index in [2.05, 4.69) is 26.7 Å². The number of hydrogen-bond acceptors (Lipinski definition) is 5. The van der Waals surface area contributed by atoms with Crippen molar-refractivity contribution in [1.82, 2.24) is 15.1 Å². The van der Waals surface area contributed by atoms with Crippen LogP contribution in [-0.2, 0) is 21.4 Å². The molecule has 2 fully saturated rings. The number of fused-ring (bicyclic) bond motifs is 1. The van der Waals surface area contributed by atoms with Crippen LogP contribution in [-0.4, -0.2) is 61.7 Å². The lowest BCUT2D eigenvalue weighted by atomic mass is 10.1. The fourth-order valence-electron chi connectivity index (χ4n) is 4.82. The van der Waals surface area contributed by atoms with Gasteiger partial charge >= 0.3 is 0 Å². The van der Waals surface area contributed by atoms with Crippen molar-refractivity contribution >= 4 is 21.8 Å². The standard InChI is InChI=1S/C23H26N4O3S/c28-23(24-18-12-14-26(16-18)15-17-7-2-1-3-8-17)20-10-6-13-27(20)22-19-9-4-5-11-21(19)31(29,30)25-22/h1-5,7-9,11,18,20H,6,10,12-16H2,(H,24,28)/t18-,20-/m0/s1. The molecule has 1 N–H and O–H groups in total. The van der Waals surface area contributed by atoms with E-state index in [4.69, 9.17) is 0 Å². The molecule has 31 heavy (non-hydrogen) atoms. The van der Waals surface area contributed by atoms with E-state index in [1.165, 1.54) is 5.56 Å². The van der Waals surface area contributed by atoms with Crippen LogP contribution in [0.1, 0.15) is 30.4 Å². The molecule has 8 heteroatoms. The van der Waals surface area contributed by atoms with Crippen molar-refractivity contribution in [2.75, 3.05) is 19.6 Å². The summed E-state index contributed by atoms with van der Waals surface area (Å²) in [6, 6.07) is 16.9. The predicted molar refractivity (Wildman–Crippen MR) is 118 cm³/mol. The Kier molecular flexibility index (Phi) is 5.27. The molecule has 7 nitrogen and oxygen atoms in total. The lowest BCUT2D eigenvalue weighted by Gasteiger charge is -2.27. The Morgan fingerprint density at radius 1 is 1.03 bits per heavy atom. The Morgan fingerprint density at radius 3 is 2.65 bits per heavy atom. The fraction of sp³-hybridized carbons (Fsp3) is 0.391. The van der Waals surface area contributed by atoms with E-state index in [0.29, 0.717) is 24.4 Å². The van der Waals surface area contributed by atoms with Crippen molar-refractivity contribution in [3.8, 4) is 0 Å². The first-order valence-corrected chi connectivity index (χ1v) is 12.2. The second-order valence-corrected chi connectivity index (χ2v) is 10.0. The van der Waals surface area contributed by atoms with Crippen molar-refractivity contribution in [2.24, 2.45) is 4.40 Å². The van der Waals surface area contributed by atoms with Gasteiger partial charge in [0.2, 0.25) is 5.91 Å². The second kappa shape index (κ2) is 8.09. The predicted octanol–water partition coefficient (Wildman–Crippen LogP) is 1.99. The van der Waals surface area contributed by atoms with Gasteiger partial charge in [-0.25, -0.2) is 0 Å². The molecule has 0 bridgehead atoms. The van der Waals surface area contributed by atoms with Crippen LogP contribution in [0.4, 0.5) is 0 Å². The van der Waals surface area contributed by atoms with Gasteiger partial charge in [-0.3, -0.25) is 9.69 Å². The molecule has 2 saturated heterocycles. The summed E-state index contributed by atoms with van der Waals surface area (Å²) in [6.45, 7) is 3.29. The molecule has 3 aliphatic rings. The fourth-order valence-corrected chi connectivity index (χ4v) is 6.04. The van der Waals surface area contributed by atoms with Gasteiger partial charge in [-0.2, -0.15) is 8.42 Å². The van der Waals surface area contributed by atoms with Crippen molar-refractivity contribution < 1.29 is 13.2 Å². The first kappa shape index (κ1) is 20.2. The van der Waals surface area contributed by atoms with E-state index in [1.54, 1.807) is 24.3 Å². The molecule has 0 aromatic heterocycles. The minimum absolute atomic E-state index is 0.0338. The van der Waals surface area contributed by atoms with Crippen LogP contribution in [0.15, 0.2) is 63.9 Å².